The summed E-state index contributed by atoms with van der Waals surface area (Å²) in [6.45, 7) is 9.71. The zero-order valence-corrected chi connectivity index (χ0v) is 12.2. The highest BCUT2D eigenvalue weighted by molar-refractivity contribution is 7.12. The largest absolute Gasteiger partial charge is 0.329 e. The monoisotopic (exact) mass is 254 g/mol. The van der Waals surface area contributed by atoms with Crippen molar-refractivity contribution in [1.29, 1.82) is 0 Å². The van der Waals surface area contributed by atoms with Crippen molar-refractivity contribution < 1.29 is 0 Å². The molecular weight excluding hydrogens is 228 g/mol. The van der Waals surface area contributed by atoms with Crippen molar-refractivity contribution in [3.8, 4) is 0 Å². The third-order valence-corrected chi connectivity index (χ3v) is 4.38. The average molecular weight is 254 g/mol. The Balaban J connectivity index is 2.79. The topological polar surface area (TPSA) is 29.3 Å². The minimum atomic E-state index is 0.417. The molecule has 1 rings (SSSR count). The van der Waals surface area contributed by atoms with Gasteiger partial charge in [0, 0.05) is 16.3 Å². The molecule has 0 bridgehead atoms. The molecule has 0 aromatic carbocycles. The van der Waals surface area contributed by atoms with E-state index in [1.165, 1.54) is 22.6 Å². The van der Waals surface area contributed by atoms with Gasteiger partial charge < -0.3 is 5.73 Å². The van der Waals surface area contributed by atoms with Crippen molar-refractivity contribution in [2.24, 2.45) is 5.73 Å². The van der Waals surface area contributed by atoms with Crippen LogP contribution in [0.1, 0.15) is 49.4 Å². The van der Waals surface area contributed by atoms with E-state index in [2.05, 4.69) is 37.8 Å². The smallest absolute Gasteiger partial charge is 0.0564 e. The Hall–Kier alpha value is -0.380. The van der Waals surface area contributed by atoms with Gasteiger partial charge in [-0.15, -0.1) is 11.3 Å². The zero-order chi connectivity index (χ0) is 12.7. The molecule has 0 radical (unpaired) electrons. The molecule has 1 aromatic rings. The fourth-order valence-corrected chi connectivity index (χ4v) is 3.31. The number of aryl methyl sites for hydroxylation is 1. The molecule has 3 heteroatoms. The van der Waals surface area contributed by atoms with Crippen LogP contribution in [0.15, 0.2) is 12.1 Å². The lowest BCUT2D eigenvalue weighted by atomic mass is 10.2. The van der Waals surface area contributed by atoms with Crippen LogP contribution in [-0.2, 0) is 6.42 Å². The number of rotatable bonds is 8. The zero-order valence-electron chi connectivity index (χ0n) is 11.4. The van der Waals surface area contributed by atoms with Crippen LogP contribution in [-0.4, -0.2) is 24.5 Å². The molecule has 98 valence electrons. The van der Waals surface area contributed by atoms with E-state index in [0.29, 0.717) is 6.04 Å². The summed E-state index contributed by atoms with van der Waals surface area (Å²) in [5, 5.41) is 0. The third-order valence-electron chi connectivity index (χ3n) is 3.04. The molecule has 0 aliphatic heterocycles. The average Bonchev–Trinajstić information content (AvgIpc) is 2.79. The number of hydrogen-bond donors (Lipinski definition) is 1. The molecule has 2 nitrogen and oxygen atoms in total. The Morgan fingerprint density at radius 3 is 2.24 bits per heavy atom. The minimum absolute atomic E-state index is 0.417. The van der Waals surface area contributed by atoms with E-state index in [4.69, 9.17) is 5.73 Å². The van der Waals surface area contributed by atoms with E-state index in [0.717, 1.165) is 26.1 Å². The van der Waals surface area contributed by atoms with E-state index < -0.39 is 0 Å². The van der Waals surface area contributed by atoms with Gasteiger partial charge in [-0.3, -0.25) is 4.90 Å². The minimum Gasteiger partial charge on any atom is -0.329 e. The standard InChI is InChI=1S/C14H26N2S/c1-4-9-16(10-5-2)13(11-15)14-8-7-12(6-3)17-14/h7-8,13H,4-6,9-11,15H2,1-3H3. The lowest BCUT2D eigenvalue weighted by Gasteiger charge is -2.29. The van der Waals surface area contributed by atoms with Crippen molar-refractivity contribution in [1.82, 2.24) is 4.90 Å². The molecule has 2 N–H and O–H groups in total. The van der Waals surface area contributed by atoms with Gasteiger partial charge >= 0.3 is 0 Å². The summed E-state index contributed by atoms with van der Waals surface area (Å²) >= 11 is 1.92. The highest BCUT2D eigenvalue weighted by Crippen LogP contribution is 2.27. The van der Waals surface area contributed by atoms with E-state index in [9.17, 15) is 0 Å². The first kappa shape index (κ1) is 14.7. The van der Waals surface area contributed by atoms with Gasteiger partial charge in [-0.25, -0.2) is 0 Å². The summed E-state index contributed by atoms with van der Waals surface area (Å²) < 4.78 is 0. The van der Waals surface area contributed by atoms with Crippen molar-refractivity contribution >= 4 is 11.3 Å². The first-order valence-corrected chi connectivity index (χ1v) is 7.61. The highest BCUT2D eigenvalue weighted by Gasteiger charge is 2.19. The van der Waals surface area contributed by atoms with Gasteiger partial charge in [-0.2, -0.15) is 0 Å². The molecule has 1 aromatic heterocycles. The van der Waals surface area contributed by atoms with Crippen LogP contribution in [0.25, 0.3) is 0 Å². The SMILES string of the molecule is CCCN(CCC)C(CN)c1ccc(CC)s1. The van der Waals surface area contributed by atoms with E-state index in [1.807, 2.05) is 11.3 Å². The van der Waals surface area contributed by atoms with Crippen LogP contribution in [0.3, 0.4) is 0 Å². The number of hydrogen-bond acceptors (Lipinski definition) is 3. The second kappa shape index (κ2) is 7.85. The quantitative estimate of drug-likeness (QED) is 0.770. The van der Waals surface area contributed by atoms with Gasteiger partial charge in [-0.05, 0) is 44.5 Å². The maximum Gasteiger partial charge on any atom is 0.0564 e. The Labute approximate surface area is 110 Å². The maximum atomic E-state index is 5.98. The summed E-state index contributed by atoms with van der Waals surface area (Å²) in [4.78, 5) is 5.43. The lowest BCUT2D eigenvalue weighted by Crippen LogP contribution is -2.34. The molecule has 0 fully saturated rings. The molecule has 17 heavy (non-hydrogen) atoms. The van der Waals surface area contributed by atoms with Crippen molar-refractivity contribution in [3.05, 3.63) is 21.9 Å². The van der Waals surface area contributed by atoms with Gasteiger partial charge in [-0.1, -0.05) is 20.8 Å². The molecular formula is C14H26N2S. The van der Waals surface area contributed by atoms with Gasteiger partial charge in [0.25, 0.3) is 0 Å². The first-order chi connectivity index (χ1) is 8.26. The van der Waals surface area contributed by atoms with Crippen LogP contribution in [0, 0.1) is 0 Å². The summed E-state index contributed by atoms with van der Waals surface area (Å²) in [6, 6.07) is 4.93. The third kappa shape index (κ3) is 4.09. The van der Waals surface area contributed by atoms with Crippen LogP contribution in [0.2, 0.25) is 0 Å². The Kier molecular flexibility index (Phi) is 6.78. The fraction of sp³-hybridized carbons (Fsp3) is 0.714. The van der Waals surface area contributed by atoms with Crippen molar-refractivity contribution in [2.45, 2.75) is 46.1 Å². The Morgan fingerprint density at radius 2 is 1.82 bits per heavy atom. The second-order valence-electron chi connectivity index (χ2n) is 4.45. The molecule has 0 saturated carbocycles. The molecule has 1 heterocycles. The predicted molar refractivity (Wildman–Crippen MR) is 77.6 cm³/mol. The summed E-state index contributed by atoms with van der Waals surface area (Å²) in [7, 11) is 0. The van der Waals surface area contributed by atoms with E-state index in [-0.39, 0.29) is 0 Å². The Bertz CT molecular complexity index is 303. The lowest BCUT2D eigenvalue weighted by molar-refractivity contribution is 0.205. The van der Waals surface area contributed by atoms with Crippen LogP contribution >= 0.6 is 11.3 Å². The summed E-state index contributed by atoms with van der Waals surface area (Å²) in [5.41, 5.74) is 5.98. The predicted octanol–water partition coefficient (Wildman–Crippen LogP) is 3.43. The van der Waals surface area contributed by atoms with Crippen LogP contribution in [0.4, 0.5) is 0 Å². The van der Waals surface area contributed by atoms with Gasteiger partial charge in [0.2, 0.25) is 0 Å². The summed E-state index contributed by atoms with van der Waals surface area (Å²) in [6.07, 6.45) is 3.52. The molecule has 1 unspecified atom stereocenters. The first-order valence-electron chi connectivity index (χ1n) is 6.79. The maximum absolute atomic E-state index is 5.98. The van der Waals surface area contributed by atoms with Crippen LogP contribution in [0.5, 0.6) is 0 Å². The molecule has 1 atom stereocenters. The number of nitrogens with zero attached hydrogens (tertiary/aromatic N) is 1. The molecule has 0 aliphatic rings. The number of thiophene rings is 1. The molecule has 0 spiro atoms. The highest BCUT2D eigenvalue weighted by atomic mass is 32.1. The number of nitrogens with two attached hydrogens (primary N) is 1. The van der Waals surface area contributed by atoms with Gasteiger partial charge in [0.05, 0.1) is 6.04 Å². The molecule has 0 saturated heterocycles. The normalized spacial score (nSPS) is 13.2. The van der Waals surface area contributed by atoms with E-state index >= 15 is 0 Å². The van der Waals surface area contributed by atoms with Gasteiger partial charge in [0.15, 0.2) is 0 Å². The summed E-state index contributed by atoms with van der Waals surface area (Å²) in [5.74, 6) is 0. The fourth-order valence-electron chi connectivity index (χ4n) is 2.21. The van der Waals surface area contributed by atoms with E-state index in [1.54, 1.807) is 0 Å². The molecule has 0 amide bonds. The Morgan fingerprint density at radius 1 is 1.18 bits per heavy atom. The van der Waals surface area contributed by atoms with Gasteiger partial charge in [0.1, 0.15) is 0 Å². The van der Waals surface area contributed by atoms with Crippen LogP contribution < -0.4 is 5.73 Å². The van der Waals surface area contributed by atoms with Crippen molar-refractivity contribution in [3.63, 3.8) is 0 Å². The van der Waals surface area contributed by atoms with Crippen molar-refractivity contribution in [2.75, 3.05) is 19.6 Å². The second-order valence-corrected chi connectivity index (χ2v) is 5.65. The molecule has 0 aliphatic carbocycles.